The van der Waals surface area contributed by atoms with Crippen molar-refractivity contribution in [3.05, 3.63) is 58.8 Å². The molecule has 1 aromatic carbocycles. The van der Waals surface area contributed by atoms with E-state index in [1.165, 1.54) is 24.5 Å². The predicted octanol–water partition coefficient (Wildman–Crippen LogP) is 1.95. The van der Waals surface area contributed by atoms with Gasteiger partial charge in [-0.3, -0.25) is 14.4 Å². The number of hydrogen-bond donors (Lipinski definition) is 1. The summed E-state index contributed by atoms with van der Waals surface area (Å²) in [5, 5.41) is 8.96. The van der Waals surface area contributed by atoms with Gasteiger partial charge < -0.3 is 19.3 Å². The summed E-state index contributed by atoms with van der Waals surface area (Å²) in [7, 11) is 0. The van der Waals surface area contributed by atoms with Crippen LogP contribution in [0.5, 0.6) is 0 Å². The molecule has 27 heavy (non-hydrogen) atoms. The SMILES string of the molecule is Cc1coc(CC(=O)O)c1C(=O)N1CCN(C(=O)c2cccc(F)c2)CC1. The van der Waals surface area contributed by atoms with Crippen molar-refractivity contribution in [2.75, 3.05) is 26.2 Å². The van der Waals surface area contributed by atoms with Crippen LogP contribution < -0.4 is 0 Å². The molecule has 7 nitrogen and oxygen atoms in total. The zero-order valence-electron chi connectivity index (χ0n) is 14.8. The number of aliphatic carboxylic acids is 1. The number of carboxylic acids is 1. The molecular weight excluding hydrogens is 355 g/mol. The van der Waals surface area contributed by atoms with Gasteiger partial charge in [0.2, 0.25) is 0 Å². The van der Waals surface area contributed by atoms with Crippen LogP contribution in [0.25, 0.3) is 0 Å². The number of piperazine rings is 1. The van der Waals surface area contributed by atoms with Crippen molar-refractivity contribution in [3.63, 3.8) is 0 Å². The minimum Gasteiger partial charge on any atom is -0.481 e. The van der Waals surface area contributed by atoms with E-state index in [4.69, 9.17) is 9.52 Å². The van der Waals surface area contributed by atoms with Crippen molar-refractivity contribution in [2.45, 2.75) is 13.3 Å². The summed E-state index contributed by atoms with van der Waals surface area (Å²) < 4.78 is 18.5. The molecule has 2 heterocycles. The zero-order valence-corrected chi connectivity index (χ0v) is 14.8. The van der Waals surface area contributed by atoms with Gasteiger partial charge >= 0.3 is 5.97 Å². The fourth-order valence-corrected chi connectivity index (χ4v) is 3.13. The van der Waals surface area contributed by atoms with Gasteiger partial charge in [-0.25, -0.2) is 4.39 Å². The van der Waals surface area contributed by atoms with E-state index < -0.39 is 11.8 Å². The standard InChI is InChI=1S/C19H19FN2O5/c1-12-11-27-15(10-16(23)24)17(12)19(26)22-7-5-21(6-8-22)18(25)13-3-2-4-14(20)9-13/h2-4,9,11H,5-8,10H2,1H3,(H,23,24). The Kier molecular flexibility index (Phi) is 5.25. The van der Waals surface area contributed by atoms with Crippen molar-refractivity contribution >= 4 is 17.8 Å². The second-order valence-corrected chi connectivity index (χ2v) is 6.38. The predicted molar refractivity (Wildman–Crippen MR) is 93.0 cm³/mol. The van der Waals surface area contributed by atoms with Crippen LogP contribution in [0.2, 0.25) is 0 Å². The molecular formula is C19H19FN2O5. The average molecular weight is 374 g/mol. The fourth-order valence-electron chi connectivity index (χ4n) is 3.13. The third-order valence-corrected chi connectivity index (χ3v) is 4.50. The van der Waals surface area contributed by atoms with Crippen molar-refractivity contribution in [3.8, 4) is 0 Å². The Balaban J connectivity index is 1.67. The molecule has 1 fully saturated rings. The van der Waals surface area contributed by atoms with E-state index in [-0.39, 0.29) is 35.1 Å². The van der Waals surface area contributed by atoms with Crippen LogP contribution in [0.3, 0.4) is 0 Å². The van der Waals surface area contributed by atoms with E-state index in [0.29, 0.717) is 31.7 Å². The van der Waals surface area contributed by atoms with Gasteiger partial charge in [0.25, 0.3) is 11.8 Å². The molecule has 0 bridgehead atoms. The molecule has 1 N–H and O–H groups in total. The molecule has 1 aliphatic heterocycles. The van der Waals surface area contributed by atoms with Gasteiger partial charge in [-0.05, 0) is 25.1 Å². The molecule has 1 saturated heterocycles. The number of hydrogen-bond acceptors (Lipinski definition) is 4. The molecule has 0 atom stereocenters. The van der Waals surface area contributed by atoms with Crippen LogP contribution in [0.4, 0.5) is 4.39 Å². The second-order valence-electron chi connectivity index (χ2n) is 6.38. The lowest BCUT2D eigenvalue weighted by Crippen LogP contribution is -2.50. The summed E-state index contributed by atoms with van der Waals surface area (Å²) in [6, 6.07) is 5.49. The molecule has 0 saturated carbocycles. The summed E-state index contributed by atoms with van der Waals surface area (Å²) in [4.78, 5) is 39.3. The van der Waals surface area contributed by atoms with E-state index in [1.807, 2.05) is 0 Å². The molecule has 1 aliphatic rings. The van der Waals surface area contributed by atoms with Gasteiger partial charge in [0, 0.05) is 37.3 Å². The maximum Gasteiger partial charge on any atom is 0.311 e. The van der Waals surface area contributed by atoms with Gasteiger partial charge in [-0.2, -0.15) is 0 Å². The topological polar surface area (TPSA) is 91.1 Å². The number of benzene rings is 1. The minimum atomic E-state index is -1.08. The Morgan fingerprint density at radius 3 is 2.33 bits per heavy atom. The minimum absolute atomic E-state index is 0.128. The summed E-state index contributed by atoms with van der Waals surface area (Å²) in [6.07, 6.45) is 1.00. The van der Waals surface area contributed by atoms with Crippen molar-refractivity contribution < 1.29 is 28.3 Å². The van der Waals surface area contributed by atoms with E-state index in [2.05, 4.69) is 0 Å². The van der Waals surface area contributed by atoms with Crippen molar-refractivity contribution in [1.29, 1.82) is 0 Å². The highest BCUT2D eigenvalue weighted by molar-refractivity contribution is 5.98. The highest BCUT2D eigenvalue weighted by Crippen LogP contribution is 2.21. The first kappa shape index (κ1) is 18.6. The highest BCUT2D eigenvalue weighted by Gasteiger charge is 2.29. The van der Waals surface area contributed by atoms with Crippen LogP contribution in [-0.4, -0.2) is 58.9 Å². The molecule has 0 aliphatic carbocycles. The zero-order chi connectivity index (χ0) is 19.6. The molecule has 0 radical (unpaired) electrons. The molecule has 2 amide bonds. The highest BCUT2D eigenvalue weighted by atomic mass is 19.1. The number of carboxylic acid groups (broad SMARTS) is 1. The van der Waals surface area contributed by atoms with Crippen LogP contribution >= 0.6 is 0 Å². The number of furan rings is 1. The number of nitrogens with zero attached hydrogens (tertiary/aromatic N) is 2. The number of halogens is 1. The van der Waals surface area contributed by atoms with E-state index in [9.17, 15) is 18.8 Å². The van der Waals surface area contributed by atoms with Gasteiger partial charge in [-0.15, -0.1) is 0 Å². The van der Waals surface area contributed by atoms with Crippen LogP contribution in [-0.2, 0) is 11.2 Å². The first-order valence-electron chi connectivity index (χ1n) is 8.49. The van der Waals surface area contributed by atoms with Gasteiger partial charge in [0.1, 0.15) is 18.0 Å². The lowest BCUT2D eigenvalue weighted by molar-refractivity contribution is -0.136. The molecule has 2 aromatic rings. The fraction of sp³-hybridized carbons (Fsp3) is 0.316. The van der Waals surface area contributed by atoms with Crippen molar-refractivity contribution in [2.24, 2.45) is 0 Å². The summed E-state index contributed by atoms with van der Waals surface area (Å²) >= 11 is 0. The van der Waals surface area contributed by atoms with Gasteiger partial charge in [-0.1, -0.05) is 6.07 Å². The molecule has 3 rings (SSSR count). The van der Waals surface area contributed by atoms with E-state index in [0.717, 1.165) is 0 Å². The molecule has 8 heteroatoms. The third-order valence-electron chi connectivity index (χ3n) is 4.50. The normalized spacial score (nSPS) is 14.3. The molecule has 142 valence electrons. The number of amides is 2. The van der Waals surface area contributed by atoms with Crippen LogP contribution in [0.15, 0.2) is 34.9 Å². The van der Waals surface area contributed by atoms with Gasteiger partial charge in [0.15, 0.2) is 0 Å². The number of aryl methyl sites for hydroxylation is 1. The lowest BCUT2D eigenvalue weighted by atomic mass is 10.1. The Labute approximate surface area is 155 Å². The second kappa shape index (κ2) is 7.61. The first-order valence-corrected chi connectivity index (χ1v) is 8.49. The third kappa shape index (κ3) is 3.99. The Bertz CT molecular complexity index is 884. The monoisotopic (exact) mass is 374 g/mol. The summed E-state index contributed by atoms with van der Waals surface area (Å²) in [5.74, 6) is -2.02. The summed E-state index contributed by atoms with van der Waals surface area (Å²) in [5.41, 5.74) is 1.11. The quantitative estimate of drug-likeness (QED) is 0.883. The molecule has 0 unspecified atom stereocenters. The maximum atomic E-state index is 13.3. The first-order chi connectivity index (χ1) is 12.9. The van der Waals surface area contributed by atoms with Gasteiger partial charge in [0.05, 0.1) is 11.8 Å². The Hall–Kier alpha value is -3.16. The molecule has 0 spiro atoms. The van der Waals surface area contributed by atoms with Crippen LogP contribution in [0.1, 0.15) is 32.0 Å². The lowest BCUT2D eigenvalue weighted by Gasteiger charge is -2.35. The largest absolute Gasteiger partial charge is 0.481 e. The maximum absolute atomic E-state index is 13.3. The van der Waals surface area contributed by atoms with Crippen molar-refractivity contribution in [1.82, 2.24) is 9.80 Å². The smallest absolute Gasteiger partial charge is 0.311 e. The van der Waals surface area contributed by atoms with Crippen LogP contribution in [0, 0.1) is 12.7 Å². The van der Waals surface area contributed by atoms with E-state index >= 15 is 0 Å². The Morgan fingerprint density at radius 1 is 1.11 bits per heavy atom. The number of carbonyl (C=O) groups is 3. The number of rotatable bonds is 4. The molecule has 1 aromatic heterocycles. The Morgan fingerprint density at radius 2 is 1.74 bits per heavy atom. The van der Waals surface area contributed by atoms with E-state index in [1.54, 1.807) is 22.8 Å². The average Bonchev–Trinajstić information content (AvgIpc) is 3.00. The number of carbonyl (C=O) groups excluding carboxylic acids is 2. The summed E-state index contributed by atoms with van der Waals surface area (Å²) in [6.45, 7) is 2.92.